The summed E-state index contributed by atoms with van der Waals surface area (Å²) in [5.74, 6) is 0. The third-order valence-corrected chi connectivity index (χ3v) is 3.89. The molecule has 0 spiro atoms. The van der Waals surface area contributed by atoms with E-state index in [2.05, 4.69) is 34.1 Å². The normalized spacial score (nSPS) is 15.9. The highest BCUT2D eigenvalue weighted by atomic mass is 32.1. The van der Waals surface area contributed by atoms with Crippen LogP contribution in [0.1, 0.15) is 0 Å². The summed E-state index contributed by atoms with van der Waals surface area (Å²) in [6, 6.07) is 8.47. The topological polar surface area (TPSA) is 51.4 Å². The zero-order valence-corrected chi connectivity index (χ0v) is 10.8. The molecule has 0 saturated carbocycles. The number of anilines is 2. The predicted octanol–water partition coefficient (Wildman–Crippen LogP) is 2.23. The number of rotatable bonds is 2. The highest BCUT2D eigenvalue weighted by Crippen LogP contribution is 2.28. The van der Waals surface area contributed by atoms with E-state index in [1.165, 1.54) is 17.0 Å². The predicted molar refractivity (Wildman–Crippen MR) is 75.0 cm³/mol. The summed E-state index contributed by atoms with van der Waals surface area (Å²) in [4.78, 5) is 6.62. The Kier molecular flexibility index (Phi) is 3.17. The Balaban J connectivity index is 1.80. The SMILES string of the molecule is Nc1cnc(-c2ccc(N3CCOCC3)cc2)s1. The van der Waals surface area contributed by atoms with E-state index in [-0.39, 0.29) is 0 Å². The molecule has 1 aliphatic heterocycles. The smallest absolute Gasteiger partial charge is 0.125 e. The third-order valence-electron chi connectivity index (χ3n) is 3.01. The standard InChI is InChI=1S/C13H15N3OS/c14-12-9-15-13(18-12)10-1-3-11(4-2-10)16-5-7-17-8-6-16/h1-4,9H,5-8,14H2. The van der Waals surface area contributed by atoms with Crippen molar-refractivity contribution in [2.45, 2.75) is 0 Å². The quantitative estimate of drug-likeness (QED) is 0.900. The lowest BCUT2D eigenvalue weighted by Gasteiger charge is -2.28. The van der Waals surface area contributed by atoms with Gasteiger partial charge < -0.3 is 15.4 Å². The van der Waals surface area contributed by atoms with Gasteiger partial charge in [-0.25, -0.2) is 4.98 Å². The van der Waals surface area contributed by atoms with Crippen LogP contribution < -0.4 is 10.6 Å². The molecular formula is C13H15N3OS. The molecule has 0 unspecified atom stereocenters. The molecule has 4 nitrogen and oxygen atoms in total. The van der Waals surface area contributed by atoms with Crippen molar-refractivity contribution in [2.75, 3.05) is 36.9 Å². The minimum atomic E-state index is 0.752. The molecule has 94 valence electrons. The van der Waals surface area contributed by atoms with Gasteiger partial charge in [0.1, 0.15) is 10.0 Å². The molecule has 3 rings (SSSR count). The molecule has 2 aromatic rings. The minimum absolute atomic E-state index is 0.752. The van der Waals surface area contributed by atoms with Gasteiger partial charge in [0.2, 0.25) is 0 Å². The van der Waals surface area contributed by atoms with Gasteiger partial charge in [-0.1, -0.05) is 11.3 Å². The summed E-state index contributed by atoms with van der Waals surface area (Å²) in [5.41, 5.74) is 8.06. The van der Waals surface area contributed by atoms with Gasteiger partial charge in [-0.3, -0.25) is 0 Å². The number of ether oxygens (including phenoxy) is 1. The van der Waals surface area contributed by atoms with E-state index >= 15 is 0 Å². The average Bonchev–Trinajstić information content (AvgIpc) is 2.87. The summed E-state index contributed by atoms with van der Waals surface area (Å²) in [5, 5.41) is 1.73. The van der Waals surface area contributed by atoms with Gasteiger partial charge in [-0.15, -0.1) is 0 Å². The summed E-state index contributed by atoms with van der Waals surface area (Å²) in [7, 11) is 0. The highest BCUT2D eigenvalue weighted by Gasteiger charge is 2.11. The van der Waals surface area contributed by atoms with E-state index in [1.807, 2.05) is 0 Å². The van der Waals surface area contributed by atoms with Gasteiger partial charge in [-0.2, -0.15) is 0 Å². The molecule has 5 heteroatoms. The number of benzene rings is 1. The first-order valence-corrected chi connectivity index (χ1v) is 6.79. The van der Waals surface area contributed by atoms with Crippen LogP contribution in [0.4, 0.5) is 10.7 Å². The van der Waals surface area contributed by atoms with E-state index in [4.69, 9.17) is 10.5 Å². The summed E-state index contributed by atoms with van der Waals surface area (Å²) in [6.45, 7) is 3.54. The Bertz CT molecular complexity index is 517. The van der Waals surface area contributed by atoms with Gasteiger partial charge >= 0.3 is 0 Å². The van der Waals surface area contributed by atoms with Crippen LogP contribution in [-0.4, -0.2) is 31.3 Å². The van der Waals surface area contributed by atoms with Crippen molar-refractivity contribution >= 4 is 22.0 Å². The van der Waals surface area contributed by atoms with Crippen molar-refractivity contribution < 1.29 is 4.74 Å². The highest BCUT2D eigenvalue weighted by molar-refractivity contribution is 7.18. The summed E-state index contributed by atoms with van der Waals surface area (Å²) in [6.07, 6.45) is 1.70. The Morgan fingerprint density at radius 2 is 1.89 bits per heavy atom. The van der Waals surface area contributed by atoms with Crippen molar-refractivity contribution in [1.29, 1.82) is 0 Å². The largest absolute Gasteiger partial charge is 0.389 e. The van der Waals surface area contributed by atoms with Crippen LogP contribution in [0.5, 0.6) is 0 Å². The van der Waals surface area contributed by atoms with Crippen LogP contribution in [0.2, 0.25) is 0 Å². The number of morpholine rings is 1. The van der Waals surface area contributed by atoms with Crippen LogP contribution >= 0.6 is 11.3 Å². The Morgan fingerprint density at radius 3 is 2.50 bits per heavy atom. The molecule has 0 amide bonds. The van der Waals surface area contributed by atoms with E-state index < -0.39 is 0 Å². The van der Waals surface area contributed by atoms with Gasteiger partial charge in [0.15, 0.2) is 0 Å². The molecule has 1 fully saturated rings. The lowest BCUT2D eigenvalue weighted by Crippen LogP contribution is -2.36. The second-order valence-electron chi connectivity index (χ2n) is 4.21. The molecule has 0 atom stereocenters. The molecule has 18 heavy (non-hydrogen) atoms. The molecule has 0 aliphatic carbocycles. The van der Waals surface area contributed by atoms with Gasteiger partial charge in [0, 0.05) is 24.3 Å². The number of aromatic nitrogens is 1. The molecule has 2 N–H and O–H groups in total. The lowest BCUT2D eigenvalue weighted by atomic mass is 10.2. The molecule has 0 radical (unpaired) electrons. The van der Waals surface area contributed by atoms with Crippen LogP contribution in [0.25, 0.3) is 10.6 Å². The first kappa shape index (κ1) is 11.5. The molecule has 1 saturated heterocycles. The number of nitrogen functional groups attached to an aromatic ring is 1. The number of hydrogen-bond acceptors (Lipinski definition) is 5. The second-order valence-corrected chi connectivity index (χ2v) is 5.28. The first-order chi connectivity index (χ1) is 8.83. The van der Waals surface area contributed by atoms with Crippen LogP contribution in [-0.2, 0) is 4.74 Å². The third kappa shape index (κ3) is 2.32. The maximum atomic E-state index is 5.70. The molecule has 2 heterocycles. The number of hydrogen-bond donors (Lipinski definition) is 1. The second kappa shape index (κ2) is 4.96. The molecule has 1 aromatic carbocycles. The minimum Gasteiger partial charge on any atom is -0.389 e. The molecule has 1 aliphatic rings. The Hall–Kier alpha value is -1.59. The average molecular weight is 261 g/mol. The van der Waals surface area contributed by atoms with Gasteiger partial charge in [0.25, 0.3) is 0 Å². The van der Waals surface area contributed by atoms with E-state index in [0.717, 1.165) is 41.9 Å². The Morgan fingerprint density at radius 1 is 1.17 bits per heavy atom. The number of nitrogens with two attached hydrogens (primary N) is 1. The van der Waals surface area contributed by atoms with Crippen molar-refractivity contribution in [1.82, 2.24) is 4.98 Å². The Labute approximate surface area is 110 Å². The van der Waals surface area contributed by atoms with Crippen molar-refractivity contribution in [2.24, 2.45) is 0 Å². The zero-order valence-electron chi connectivity index (χ0n) is 10.0. The van der Waals surface area contributed by atoms with Crippen molar-refractivity contribution in [3.05, 3.63) is 30.5 Å². The van der Waals surface area contributed by atoms with Crippen LogP contribution in [0.15, 0.2) is 30.5 Å². The number of nitrogens with zero attached hydrogens (tertiary/aromatic N) is 2. The fraction of sp³-hybridized carbons (Fsp3) is 0.308. The lowest BCUT2D eigenvalue weighted by molar-refractivity contribution is 0.122. The van der Waals surface area contributed by atoms with Crippen molar-refractivity contribution in [3.63, 3.8) is 0 Å². The zero-order chi connectivity index (χ0) is 12.4. The van der Waals surface area contributed by atoms with E-state index in [0.29, 0.717) is 0 Å². The molecule has 1 aromatic heterocycles. The van der Waals surface area contributed by atoms with Gasteiger partial charge in [0.05, 0.1) is 19.4 Å². The maximum Gasteiger partial charge on any atom is 0.125 e. The number of thiazole rings is 1. The maximum absolute atomic E-state index is 5.70. The van der Waals surface area contributed by atoms with Crippen molar-refractivity contribution in [3.8, 4) is 10.6 Å². The fourth-order valence-corrected chi connectivity index (χ4v) is 2.74. The van der Waals surface area contributed by atoms with Crippen LogP contribution in [0.3, 0.4) is 0 Å². The fourth-order valence-electron chi connectivity index (χ4n) is 2.06. The molecule has 0 bridgehead atoms. The van der Waals surface area contributed by atoms with E-state index in [9.17, 15) is 0 Å². The monoisotopic (exact) mass is 261 g/mol. The molecular weight excluding hydrogens is 246 g/mol. The first-order valence-electron chi connectivity index (χ1n) is 5.97. The van der Waals surface area contributed by atoms with E-state index in [1.54, 1.807) is 6.20 Å². The summed E-state index contributed by atoms with van der Waals surface area (Å²) < 4.78 is 5.35. The van der Waals surface area contributed by atoms with Gasteiger partial charge in [-0.05, 0) is 24.3 Å². The summed E-state index contributed by atoms with van der Waals surface area (Å²) >= 11 is 1.52. The van der Waals surface area contributed by atoms with Crippen LogP contribution in [0, 0.1) is 0 Å².